The summed E-state index contributed by atoms with van der Waals surface area (Å²) in [6.07, 6.45) is 0. The molecule has 6 nitrogen and oxygen atoms in total. The number of amides is 2. The third-order valence-corrected chi connectivity index (χ3v) is 4.10. The first-order valence-electron chi connectivity index (χ1n) is 8.00. The first-order chi connectivity index (χ1) is 12.5. The Morgan fingerprint density at radius 3 is 2.31 bits per heavy atom. The smallest absolute Gasteiger partial charge is 0.251 e. The highest BCUT2D eigenvalue weighted by Crippen LogP contribution is 2.29. The molecule has 26 heavy (non-hydrogen) atoms. The van der Waals surface area contributed by atoms with Gasteiger partial charge < -0.3 is 19.7 Å². The van der Waals surface area contributed by atoms with Gasteiger partial charge in [-0.2, -0.15) is 0 Å². The van der Waals surface area contributed by atoms with Crippen LogP contribution in [0.5, 0.6) is 11.5 Å². The molecule has 0 saturated heterocycles. The number of carbonyl (C=O) groups is 2. The Balaban J connectivity index is 1.99. The normalized spacial score (nSPS) is 10.2. The summed E-state index contributed by atoms with van der Waals surface area (Å²) in [6, 6.07) is 11.9. The van der Waals surface area contributed by atoms with Gasteiger partial charge in [-0.05, 0) is 42.5 Å². The van der Waals surface area contributed by atoms with Crippen molar-refractivity contribution in [2.75, 3.05) is 32.2 Å². The summed E-state index contributed by atoms with van der Waals surface area (Å²) in [6.45, 7) is 2.08. The van der Waals surface area contributed by atoms with Crippen molar-refractivity contribution in [2.45, 2.75) is 6.92 Å². The van der Waals surface area contributed by atoms with E-state index in [1.807, 2.05) is 0 Å². The van der Waals surface area contributed by atoms with Gasteiger partial charge in [0.05, 0.1) is 19.2 Å². The lowest BCUT2D eigenvalue weighted by Crippen LogP contribution is -2.37. The molecule has 0 aromatic heterocycles. The number of anilines is 1. The number of hydrogen-bond acceptors (Lipinski definition) is 4. The molecule has 2 aromatic carbocycles. The van der Waals surface area contributed by atoms with Gasteiger partial charge in [0.15, 0.2) is 0 Å². The van der Waals surface area contributed by atoms with E-state index in [0.717, 1.165) is 0 Å². The summed E-state index contributed by atoms with van der Waals surface area (Å²) < 4.78 is 10.2. The quantitative estimate of drug-likeness (QED) is 0.806. The SMILES string of the molecule is COc1ccc(C(=O)NCCN(C(C)=O)c2ccc(OC)c(Cl)c2)cc1. The highest BCUT2D eigenvalue weighted by molar-refractivity contribution is 6.32. The summed E-state index contributed by atoms with van der Waals surface area (Å²) in [5.41, 5.74) is 1.16. The number of nitrogens with zero attached hydrogens (tertiary/aromatic N) is 1. The Morgan fingerprint density at radius 1 is 1.08 bits per heavy atom. The number of rotatable bonds is 7. The lowest BCUT2D eigenvalue weighted by atomic mass is 10.2. The maximum absolute atomic E-state index is 12.2. The van der Waals surface area contributed by atoms with Crippen molar-refractivity contribution in [3.05, 3.63) is 53.1 Å². The average Bonchev–Trinajstić information content (AvgIpc) is 2.64. The van der Waals surface area contributed by atoms with E-state index in [4.69, 9.17) is 21.1 Å². The Labute approximate surface area is 157 Å². The minimum atomic E-state index is -0.219. The van der Waals surface area contributed by atoms with Crippen LogP contribution in [0.4, 0.5) is 5.69 Å². The standard InChI is InChI=1S/C19H21ClN2O4/c1-13(23)22(15-6-9-18(26-3)17(20)12-15)11-10-21-19(24)14-4-7-16(25-2)8-5-14/h4-9,12H,10-11H2,1-3H3,(H,21,24). The van der Waals surface area contributed by atoms with Crippen molar-refractivity contribution in [3.63, 3.8) is 0 Å². The lowest BCUT2D eigenvalue weighted by molar-refractivity contribution is -0.116. The second kappa shape index (κ2) is 9.10. The number of ether oxygens (including phenoxy) is 2. The fraction of sp³-hybridized carbons (Fsp3) is 0.263. The van der Waals surface area contributed by atoms with Gasteiger partial charge in [0.2, 0.25) is 5.91 Å². The highest BCUT2D eigenvalue weighted by Gasteiger charge is 2.14. The molecule has 0 aliphatic heterocycles. The molecule has 0 aliphatic carbocycles. The maximum atomic E-state index is 12.2. The summed E-state index contributed by atoms with van der Waals surface area (Å²) >= 11 is 6.12. The third-order valence-electron chi connectivity index (χ3n) is 3.80. The monoisotopic (exact) mass is 376 g/mol. The molecule has 0 spiro atoms. The number of hydrogen-bond donors (Lipinski definition) is 1. The molecule has 2 amide bonds. The Hall–Kier alpha value is -2.73. The van der Waals surface area contributed by atoms with Crippen LogP contribution in [0.15, 0.2) is 42.5 Å². The van der Waals surface area contributed by atoms with Crippen molar-refractivity contribution >= 4 is 29.1 Å². The molecule has 0 heterocycles. The number of nitrogens with one attached hydrogen (secondary N) is 1. The first kappa shape index (κ1) is 19.6. The van der Waals surface area contributed by atoms with Crippen LogP contribution in [0.1, 0.15) is 17.3 Å². The molecular weight excluding hydrogens is 356 g/mol. The van der Waals surface area contributed by atoms with Crippen molar-refractivity contribution in [1.82, 2.24) is 5.32 Å². The predicted octanol–water partition coefficient (Wildman–Crippen LogP) is 3.14. The minimum absolute atomic E-state index is 0.148. The second-order valence-electron chi connectivity index (χ2n) is 5.47. The third kappa shape index (κ3) is 4.89. The molecule has 2 aromatic rings. The van der Waals surface area contributed by atoms with Crippen molar-refractivity contribution in [1.29, 1.82) is 0 Å². The fourth-order valence-electron chi connectivity index (χ4n) is 2.42. The van der Waals surface area contributed by atoms with Gasteiger partial charge in [-0.1, -0.05) is 11.6 Å². The Morgan fingerprint density at radius 2 is 1.77 bits per heavy atom. The zero-order valence-corrected chi connectivity index (χ0v) is 15.7. The van der Waals surface area contributed by atoms with Gasteiger partial charge in [-0.3, -0.25) is 9.59 Å². The van der Waals surface area contributed by atoms with E-state index < -0.39 is 0 Å². The number of carbonyl (C=O) groups excluding carboxylic acids is 2. The summed E-state index contributed by atoms with van der Waals surface area (Å²) in [4.78, 5) is 25.7. The molecule has 0 bridgehead atoms. The van der Waals surface area contributed by atoms with Gasteiger partial charge in [-0.15, -0.1) is 0 Å². The zero-order valence-electron chi connectivity index (χ0n) is 14.9. The summed E-state index contributed by atoms with van der Waals surface area (Å²) in [7, 11) is 3.09. The van der Waals surface area contributed by atoms with Gasteiger partial charge in [0.25, 0.3) is 5.91 Å². The molecule has 0 fully saturated rings. The van der Waals surface area contributed by atoms with Crippen molar-refractivity contribution in [3.8, 4) is 11.5 Å². The fourth-order valence-corrected chi connectivity index (χ4v) is 2.67. The van der Waals surface area contributed by atoms with Gasteiger partial charge in [0.1, 0.15) is 11.5 Å². The molecule has 0 atom stereocenters. The van der Waals surface area contributed by atoms with Crippen LogP contribution < -0.4 is 19.7 Å². The Kier molecular flexibility index (Phi) is 6.86. The van der Waals surface area contributed by atoms with Crippen molar-refractivity contribution in [2.24, 2.45) is 0 Å². The van der Waals surface area contributed by atoms with Gasteiger partial charge in [0, 0.05) is 31.3 Å². The van der Waals surface area contributed by atoms with E-state index in [9.17, 15) is 9.59 Å². The predicted molar refractivity (Wildman–Crippen MR) is 101 cm³/mol. The first-order valence-corrected chi connectivity index (χ1v) is 8.38. The molecule has 0 aliphatic rings. The van der Waals surface area contributed by atoms with Crippen LogP contribution in [0.25, 0.3) is 0 Å². The van der Waals surface area contributed by atoms with E-state index in [2.05, 4.69) is 5.32 Å². The maximum Gasteiger partial charge on any atom is 0.251 e. The molecule has 2 rings (SSSR count). The largest absolute Gasteiger partial charge is 0.497 e. The molecule has 7 heteroatoms. The van der Waals surface area contributed by atoms with E-state index >= 15 is 0 Å². The Bertz CT molecular complexity index is 778. The molecular formula is C19H21ClN2O4. The average molecular weight is 377 g/mol. The van der Waals surface area contributed by atoms with E-state index in [1.54, 1.807) is 54.5 Å². The van der Waals surface area contributed by atoms with Gasteiger partial charge in [-0.25, -0.2) is 0 Å². The van der Waals surface area contributed by atoms with Gasteiger partial charge >= 0.3 is 0 Å². The van der Waals surface area contributed by atoms with E-state index in [0.29, 0.717) is 40.9 Å². The topological polar surface area (TPSA) is 67.9 Å². The van der Waals surface area contributed by atoms with E-state index in [-0.39, 0.29) is 11.8 Å². The summed E-state index contributed by atoms with van der Waals surface area (Å²) in [5.74, 6) is 0.848. The second-order valence-corrected chi connectivity index (χ2v) is 5.88. The molecule has 1 N–H and O–H groups in total. The lowest BCUT2D eigenvalue weighted by Gasteiger charge is -2.22. The van der Waals surface area contributed by atoms with Crippen LogP contribution >= 0.6 is 11.6 Å². The number of benzene rings is 2. The van der Waals surface area contributed by atoms with Crippen LogP contribution in [-0.2, 0) is 4.79 Å². The minimum Gasteiger partial charge on any atom is -0.497 e. The number of methoxy groups -OCH3 is 2. The molecule has 0 unspecified atom stereocenters. The number of halogens is 1. The highest BCUT2D eigenvalue weighted by atomic mass is 35.5. The van der Waals surface area contributed by atoms with Crippen LogP contribution in [0.2, 0.25) is 5.02 Å². The van der Waals surface area contributed by atoms with Crippen LogP contribution in [0, 0.1) is 0 Å². The van der Waals surface area contributed by atoms with Crippen LogP contribution in [-0.4, -0.2) is 39.1 Å². The molecule has 0 saturated carbocycles. The van der Waals surface area contributed by atoms with Crippen molar-refractivity contribution < 1.29 is 19.1 Å². The van der Waals surface area contributed by atoms with E-state index in [1.165, 1.54) is 14.0 Å². The molecule has 0 radical (unpaired) electrons. The summed E-state index contributed by atoms with van der Waals surface area (Å²) in [5, 5.41) is 3.21. The zero-order chi connectivity index (χ0) is 19.1. The van der Waals surface area contributed by atoms with Crippen LogP contribution in [0.3, 0.4) is 0 Å². The molecule has 138 valence electrons.